The molecule has 0 spiro atoms. The van der Waals surface area contributed by atoms with Crippen LogP contribution in [-0.2, 0) is 4.79 Å². The van der Waals surface area contributed by atoms with E-state index in [-0.39, 0.29) is 11.9 Å². The standard InChI is InChI=1S/C13H20ClN3OS/c1-10(11-3-4-12(14)19-11)15-9-13(18)17-7-5-16(2)6-8-17/h3-4,10,15H,5-9H2,1-2H3. The lowest BCUT2D eigenvalue weighted by Crippen LogP contribution is -2.49. The van der Waals surface area contributed by atoms with Crippen LogP contribution in [0.2, 0.25) is 4.34 Å². The van der Waals surface area contributed by atoms with Crippen LogP contribution < -0.4 is 5.32 Å². The highest BCUT2D eigenvalue weighted by Crippen LogP contribution is 2.26. The van der Waals surface area contributed by atoms with Crippen molar-refractivity contribution in [2.75, 3.05) is 39.8 Å². The summed E-state index contributed by atoms with van der Waals surface area (Å²) in [5.74, 6) is 0.183. The number of hydrogen-bond donors (Lipinski definition) is 1. The van der Waals surface area contributed by atoms with Crippen LogP contribution in [0.4, 0.5) is 0 Å². The number of thiophene rings is 1. The minimum atomic E-state index is 0.161. The summed E-state index contributed by atoms with van der Waals surface area (Å²) in [7, 11) is 2.09. The van der Waals surface area contributed by atoms with Gasteiger partial charge in [0.05, 0.1) is 10.9 Å². The highest BCUT2D eigenvalue weighted by molar-refractivity contribution is 7.16. The molecule has 0 saturated carbocycles. The topological polar surface area (TPSA) is 35.6 Å². The number of carbonyl (C=O) groups excluding carboxylic acids is 1. The monoisotopic (exact) mass is 301 g/mol. The van der Waals surface area contributed by atoms with E-state index in [1.54, 1.807) is 11.3 Å². The van der Waals surface area contributed by atoms with Gasteiger partial charge in [-0.25, -0.2) is 0 Å². The molecule has 1 unspecified atom stereocenters. The van der Waals surface area contributed by atoms with E-state index >= 15 is 0 Å². The number of nitrogens with zero attached hydrogens (tertiary/aromatic N) is 2. The normalized spacial score (nSPS) is 18.6. The summed E-state index contributed by atoms with van der Waals surface area (Å²) >= 11 is 7.47. The molecule has 0 bridgehead atoms. The van der Waals surface area contributed by atoms with Gasteiger partial charge in [0.2, 0.25) is 5.91 Å². The van der Waals surface area contributed by atoms with Gasteiger partial charge in [0.15, 0.2) is 0 Å². The van der Waals surface area contributed by atoms with Gasteiger partial charge >= 0.3 is 0 Å². The zero-order valence-corrected chi connectivity index (χ0v) is 12.9. The molecule has 1 atom stereocenters. The highest BCUT2D eigenvalue weighted by atomic mass is 35.5. The van der Waals surface area contributed by atoms with Crippen LogP contribution in [0.3, 0.4) is 0 Å². The molecule has 4 nitrogen and oxygen atoms in total. The Kier molecular flexibility index (Phi) is 5.21. The van der Waals surface area contributed by atoms with Crippen LogP contribution in [0, 0.1) is 0 Å². The third-order valence-corrected chi connectivity index (χ3v) is 4.85. The lowest BCUT2D eigenvalue weighted by Gasteiger charge is -2.32. The molecule has 1 fully saturated rings. The fraction of sp³-hybridized carbons (Fsp3) is 0.615. The summed E-state index contributed by atoms with van der Waals surface area (Å²) < 4.78 is 0.786. The average Bonchev–Trinajstić information content (AvgIpc) is 2.83. The summed E-state index contributed by atoms with van der Waals surface area (Å²) in [6.07, 6.45) is 0. The van der Waals surface area contributed by atoms with Crippen LogP contribution in [-0.4, -0.2) is 55.5 Å². The predicted molar refractivity (Wildman–Crippen MR) is 79.8 cm³/mol. The molecule has 19 heavy (non-hydrogen) atoms. The van der Waals surface area contributed by atoms with Crippen LogP contribution in [0.1, 0.15) is 17.8 Å². The molecule has 0 aromatic carbocycles. The van der Waals surface area contributed by atoms with Crippen molar-refractivity contribution < 1.29 is 4.79 Å². The van der Waals surface area contributed by atoms with Crippen LogP contribution >= 0.6 is 22.9 Å². The number of nitrogens with one attached hydrogen (secondary N) is 1. The van der Waals surface area contributed by atoms with E-state index in [0.717, 1.165) is 35.4 Å². The number of halogens is 1. The van der Waals surface area contributed by atoms with Crippen LogP contribution in [0.5, 0.6) is 0 Å². The molecule has 1 aromatic rings. The number of piperazine rings is 1. The summed E-state index contributed by atoms with van der Waals surface area (Å²) in [5, 5.41) is 3.27. The van der Waals surface area contributed by atoms with Gasteiger partial charge in [0.1, 0.15) is 0 Å². The summed E-state index contributed by atoms with van der Waals surface area (Å²) in [6.45, 7) is 6.02. The van der Waals surface area contributed by atoms with E-state index in [2.05, 4.69) is 24.2 Å². The van der Waals surface area contributed by atoms with E-state index in [4.69, 9.17) is 11.6 Å². The Balaban J connectivity index is 1.77. The van der Waals surface area contributed by atoms with Gasteiger partial charge in [-0.15, -0.1) is 11.3 Å². The first kappa shape index (κ1) is 14.8. The highest BCUT2D eigenvalue weighted by Gasteiger charge is 2.19. The molecule has 1 aliphatic rings. The molecule has 2 heterocycles. The van der Waals surface area contributed by atoms with Crippen LogP contribution in [0.15, 0.2) is 12.1 Å². The lowest BCUT2D eigenvalue weighted by molar-refractivity contribution is -0.131. The van der Waals surface area contributed by atoms with Crippen molar-refractivity contribution in [1.82, 2.24) is 15.1 Å². The fourth-order valence-electron chi connectivity index (χ4n) is 2.07. The maximum Gasteiger partial charge on any atom is 0.236 e. The molecule has 6 heteroatoms. The van der Waals surface area contributed by atoms with Gasteiger partial charge in [-0.2, -0.15) is 0 Å². The smallest absolute Gasteiger partial charge is 0.236 e. The second-order valence-corrected chi connectivity index (χ2v) is 6.68. The van der Waals surface area contributed by atoms with E-state index in [0.29, 0.717) is 6.54 Å². The average molecular weight is 302 g/mol. The number of likely N-dealkylation sites (N-methyl/N-ethyl adjacent to an activating group) is 1. The van der Waals surface area contributed by atoms with Crippen molar-refractivity contribution in [3.05, 3.63) is 21.3 Å². The van der Waals surface area contributed by atoms with E-state index in [1.807, 2.05) is 17.0 Å². The molecule has 1 amide bonds. The van der Waals surface area contributed by atoms with E-state index in [9.17, 15) is 4.79 Å². The van der Waals surface area contributed by atoms with Crippen molar-refractivity contribution in [2.45, 2.75) is 13.0 Å². The minimum absolute atomic E-state index is 0.161. The summed E-state index contributed by atoms with van der Waals surface area (Å²) in [4.78, 5) is 17.4. The maximum absolute atomic E-state index is 12.1. The molecule has 1 N–H and O–H groups in total. The number of amides is 1. The fourth-order valence-corrected chi connectivity index (χ4v) is 3.16. The molecule has 2 rings (SSSR count). The molecule has 1 saturated heterocycles. The third-order valence-electron chi connectivity index (χ3n) is 3.44. The third kappa shape index (κ3) is 4.18. The maximum atomic E-state index is 12.1. The number of rotatable bonds is 4. The number of carbonyl (C=O) groups is 1. The Morgan fingerprint density at radius 3 is 2.68 bits per heavy atom. The van der Waals surface area contributed by atoms with Gasteiger partial charge in [-0.1, -0.05) is 11.6 Å². The number of hydrogen-bond acceptors (Lipinski definition) is 4. The Morgan fingerprint density at radius 2 is 2.11 bits per heavy atom. The molecule has 0 radical (unpaired) electrons. The molecule has 106 valence electrons. The lowest BCUT2D eigenvalue weighted by atomic mass is 10.2. The van der Waals surface area contributed by atoms with Gasteiger partial charge in [-0.05, 0) is 26.1 Å². The van der Waals surface area contributed by atoms with Gasteiger partial charge in [0.25, 0.3) is 0 Å². The Bertz CT molecular complexity index is 429. The van der Waals surface area contributed by atoms with Gasteiger partial charge < -0.3 is 15.1 Å². The van der Waals surface area contributed by atoms with Crippen LogP contribution in [0.25, 0.3) is 0 Å². The quantitative estimate of drug-likeness (QED) is 0.921. The van der Waals surface area contributed by atoms with Crippen molar-refractivity contribution in [1.29, 1.82) is 0 Å². The van der Waals surface area contributed by atoms with Gasteiger partial charge in [-0.3, -0.25) is 4.79 Å². The van der Waals surface area contributed by atoms with Crippen molar-refractivity contribution >= 4 is 28.8 Å². The molecule has 1 aliphatic heterocycles. The predicted octanol–water partition coefficient (Wildman–Crippen LogP) is 1.83. The summed E-state index contributed by atoms with van der Waals surface area (Å²) in [5.41, 5.74) is 0. The zero-order valence-electron chi connectivity index (χ0n) is 11.4. The second kappa shape index (κ2) is 6.70. The second-order valence-electron chi connectivity index (χ2n) is 4.93. The SMILES string of the molecule is CC(NCC(=O)N1CCN(C)CC1)c1ccc(Cl)s1. The van der Waals surface area contributed by atoms with Crippen molar-refractivity contribution in [3.8, 4) is 0 Å². The Labute approximate surface area is 123 Å². The summed E-state index contributed by atoms with van der Waals surface area (Å²) in [6, 6.07) is 4.06. The molecule has 0 aliphatic carbocycles. The first-order valence-corrected chi connectivity index (χ1v) is 7.70. The van der Waals surface area contributed by atoms with Crippen molar-refractivity contribution in [2.24, 2.45) is 0 Å². The first-order chi connectivity index (χ1) is 9.06. The first-order valence-electron chi connectivity index (χ1n) is 6.51. The molecular weight excluding hydrogens is 282 g/mol. The molecule has 1 aromatic heterocycles. The minimum Gasteiger partial charge on any atom is -0.339 e. The van der Waals surface area contributed by atoms with E-state index < -0.39 is 0 Å². The zero-order chi connectivity index (χ0) is 13.8. The van der Waals surface area contributed by atoms with Crippen molar-refractivity contribution in [3.63, 3.8) is 0 Å². The molecular formula is C13H20ClN3OS. The Hall–Kier alpha value is -0.620. The largest absolute Gasteiger partial charge is 0.339 e. The van der Waals surface area contributed by atoms with Gasteiger partial charge in [0, 0.05) is 37.1 Å². The Morgan fingerprint density at radius 1 is 1.42 bits per heavy atom. The van der Waals surface area contributed by atoms with E-state index in [1.165, 1.54) is 0 Å².